The molecule has 0 radical (unpaired) electrons. The van der Waals surface area contributed by atoms with E-state index in [1.54, 1.807) is 19.1 Å². The van der Waals surface area contributed by atoms with Crippen LogP contribution in [0.5, 0.6) is 0 Å². The number of halogens is 3. The van der Waals surface area contributed by atoms with Gasteiger partial charge in [0.1, 0.15) is 0 Å². The molecule has 0 aliphatic rings. The summed E-state index contributed by atoms with van der Waals surface area (Å²) < 4.78 is 36.4. The first-order valence-electron chi connectivity index (χ1n) is 4.61. The highest BCUT2D eigenvalue weighted by molar-refractivity contribution is 5.31. The molecule has 1 rings (SSSR count). The predicted octanol–water partition coefficient (Wildman–Crippen LogP) is 2.77. The quantitative estimate of drug-likeness (QED) is 0.809. The number of hydrogen-bond donors (Lipinski definition) is 1. The molecular weight excluding hydrogens is 205 g/mol. The van der Waals surface area contributed by atoms with Gasteiger partial charge < -0.3 is 5.11 Å². The van der Waals surface area contributed by atoms with Gasteiger partial charge in [0.2, 0.25) is 0 Å². The fourth-order valence-electron chi connectivity index (χ4n) is 1.34. The van der Waals surface area contributed by atoms with Crippen molar-refractivity contribution in [3.05, 3.63) is 34.9 Å². The number of rotatable bonds is 2. The van der Waals surface area contributed by atoms with E-state index in [0.29, 0.717) is 5.56 Å². The van der Waals surface area contributed by atoms with E-state index in [-0.39, 0.29) is 6.42 Å². The van der Waals surface area contributed by atoms with Crippen molar-refractivity contribution in [2.24, 2.45) is 0 Å². The summed E-state index contributed by atoms with van der Waals surface area (Å²) in [6.07, 6.45) is -7.20. The van der Waals surface area contributed by atoms with Crippen LogP contribution in [0, 0.1) is 13.8 Å². The molecule has 4 heteroatoms. The van der Waals surface area contributed by atoms with Crippen LogP contribution in [0.4, 0.5) is 13.2 Å². The van der Waals surface area contributed by atoms with Crippen LogP contribution < -0.4 is 0 Å². The summed E-state index contributed by atoms with van der Waals surface area (Å²) in [4.78, 5) is 0. The van der Waals surface area contributed by atoms with Gasteiger partial charge in [0, 0.05) is 6.42 Å². The molecular formula is C11H13F3O. The fourth-order valence-corrected chi connectivity index (χ4v) is 1.34. The average Bonchev–Trinajstić information content (AvgIpc) is 2.09. The van der Waals surface area contributed by atoms with Crippen molar-refractivity contribution in [3.63, 3.8) is 0 Å². The Balaban J connectivity index is 2.85. The zero-order valence-electron chi connectivity index (χ0n) is 8.60. The number of benzene rings is 1. The normalized spacial score (nSPS) is 14.0. The van der Waals surface area contributed by atoms with Gasteiger partial charge in [-0.2, -0.15) is 13.2 Å². The minimum absolute atomic E-state index is 0.378. The van der Waals surface area contributed by atoms with Crippen LogP contribution >= 0.6 is 0 Å². The predicted molar refractivity (Wildman–Crippen MR) is 51.7 cm³/mol. The maximum Gasteiger partial charge on any atom is 0.414 e. The molecule has 1 unspecified atom stereocenters. The number of aryl methyl sites for hydroxylation is 2. The Labute approximate surface area is 86.5 Å². The highest BCUT2D eigenvalue weighted by Crippen LogP contribution is 2.24. The summed E-state index contributed by atoms with van der Waals surface area (Å²) >= 11 is 0. The lowest BCUT2D eigenvalue weighted by Gasteiger charge is -2.16. The summed E-state index contributed by atoms with van der Waals surface area (Å²) in [5.41, 5.74) is 2.20. The second-order valence-corrected chi connectivity index (χ2v) is 3.69. The average molecular weight is 218 g/mol. The van der Waals surface area contributed by atoms with Crippen molar-refractivity contribution in [2.45, 2.75) is 32.5 Å². The molecule has 0 bridgehead atoms. The summed E-state index contributed by atoms with van der Waals surface area (Å²) in [5.74, 6) is 0. The molecule has 0 fully saturated rings. The van der Waals surface area contributed by atoms with Crippen LogP contribution in [0.3, 0.4) is 0 Å². The Kier molecular flexibility index (Phi) is 3.39. The summed E-state index contributed by atoms with van der Waals surface area (Å²) in [6, 6.07) is 5.26. The van der Waals surface area contributed by atoms with Crippen LogP contribution in [0.1, 0.15) is 16.7 Å². The van der Waals surface area contributed by atoms with Crippen molar-refractivity contribution in [3.8, 4) is 0 Å². The van der Waals surface area contributed by atoms with Gasteiger partial charge >= 0.3 is 6.18 Å². The molecule has 84 valence electrons. The van der Waals surface area contributed by atoms with E-state index >= 15 is 0 Å². The summed E-state index contributed by atoms with van der Waals surface area (Å²) in [5, 5.41) is 8.93. The van der Waals surface area contributed by atoms with E-state index in [9.17, 15) is 13.2 Å². The van der Waals surface area contributed by atoms with Crippen LogP contribution in [0.15, 0.2) is 18.2 Å². The minimum atomic E-state index is -4.55. The minimum Gasteiger partial charge on any atom is -0.383 e. The third-order valence-corrected chi connectivity index (χ3v) is 2.30. The van der Waals surface area contributed by atoms with Crippen molar-refractivity contribution in [1.29, 1.82) is 0 Å². The molecule has 0 saturated carbocycles. The SMILES string of the molecule is Cc1ccc(C)c(CC(O)C(F)(F)F)c1. The third kappa shape index (κ3) is 3.23. The highest BCUT2D eigenvalue weighted by atomic mass is 19.4. The van der Waals surface area contributed by atoms with Crippen molar-refractivity contribution >= 4 is 0 Å². The third-order valence-electron chi connectivity index (χ3n) is 2.30. The highest BCUT2D eigenvalue weighted by Gasteiger charge is 2.38. The first-order chi connectivity index (χ1) is 6.80. The lowest BCUT2D eigenvalue weighted by atomic mass is 10.00. The van der Waals surface area contributed by atoms with Gasteiger partial charge in [0.05, 0.1) is 0 Å². The van der Waals surface area contributed by atoms with E-state index < -0.39 is 12.3 Å². The Morgan fingerprint density at radius 3 is 2.40 bits per heavy atom. The molecule has 0 aromatic heterocycles. The van der Waals surface area contributed by atoms with Gasteiger partial charge in [-0.3, -0.25) is 0 Å². The van der Waals surface area contributed by atoms with Gasteiger partial charge in [-0.15, -0.1) is 0 Å². The monoisotopic (exact) mass is 218 g/mol. The molecule has 0 saturated heterocycles. The molecule has 0 aliphatic carbocycles. The largest absolute Gasteiger partial charge is 0.414 e. The van der Waals surface area contributed by atoms with Gasteiger partial charge in [-0.25, -0.2) is 0 Å². The summed E-state index contributed by atoms with van der Waals surface area (Å²) in [7, 11) is 0. The van der Waals surface area contributed by atoms with E-state index in [2.05, 4.69) is 0 Å². The first kappa shape index (κ1) is 12.0. The van der Waals surface area contributed by atoms with Gasteiger partial charge in [0.15, 0.2) is 6.10 Å². The standard InChI is InChI=1S/C11H13F3O/c1-7-3-4-8(2)9(5-7)6-10(15)11(12,13)14/h3-5,10,15H,6H2,1-2H3. The van der Waals surface area contributed by atoms with E-state index in [1.807, 2.05) is 13.0 Å². The van der Waals surface area contributed by atoms with Crippen LogP contribution in [0.2, 0.25) is 0 Å². The van der Waals surface area contributed by atoms with Crippen LogP contribution in [0.25, 0.3) is 0 Å². The molecule has 0 aliphatic heterocycles. The van der Waals surface area contributed by atoms with Crippen molar-refractivity contribution in [1.82, 2.24) is 0 Å². The van der Waals surface area contributed by atoms with E-state index in [1.165, 1.54) is 0 Å². The molecule has 0 amide bonds. The molecule has 0 heterocycles. The lowest BCUT2D eigenvalue weighted by molar-refractivity contribution is -0.203. The smallest absolute Gasteiger partial charge is 0.383 e. The Bertz CT molecular complexity index is 344. The topological polar surface area (TPSA) is 20.2 Å². The van der Waals surface area contributed by atoms with E-state index in [0.717, 1.165) is 11.1 Å². The Morgan fingerprint density at radius 1 is 1.27 bits per heavy atom. The second kappa shape index (κ2) is 4.23. The first-order valence-corrected chi connectivity index (χ1v) is 4.61. The zero-order chi connectivity index (χ0) is 11.6. The number of alkyl halides is 3. The van der Waals surface area contributed by atoms with Gasteiger partial charge in [-0.05, 0) is 25.0 Å². The number of hydrogen-bond acceptors (Lipinski definition) is 1. The summed E-state index contributed by atoms with van der Waals surface area (Å²) in [6.45, 7) is 3.54. The van der Waals surface area contributed by atoms with E-state index in [4.69, 9.17) is 5.11 Å². The Morgan fingerprint density at radius 2 is 1.87 bits per heavy atom. The number of aliphatic hydroxyl groups is 1. The molecule has 15 heavy (non-hydrogen) atoms. The lowest BCUT2D eigenvalue weighted by Crippen LogP contribution is -2.30. The molecule has 1 aromatic rings. The van der Waals surface area contributed by atoms with Crippen LogP contribution in [-0.2, 0) is 6.42 Å². The fraction of sp³-hybridized carbons (Fsp3) is 0.455. The zero-order valence-corrected chi connectivity index (χ0v) is 8.60. The molecule has 1 aromatic carbocycles. The Hall–Kier alpha value is -1.03. The van der Waals surface area contributed by atoms with Gasteiger partial charge in [0.25, 0.3) is 0 Å². The van der Waals surface area contributed by atoms with Gasteiger partial charge in [-0.1, -0.05) is 23.8 Å². The maximum absolute atomic E-state index is 12.1. The van der Waals surface area contributed by atoms with Crippen molar-refractivity contribution in [2.75, 3.05) is 0 Å². The maximum atomic E-state index is 12.1. The molecule has 1 nitrogen and oxygen atoms in total. The molecule has 1 atom stereocenters. The number of aliphatic hydroxyl groups excluding tert-OH is 1. The molecule has 1 N–H and O–H groups in total. The van der Waals surface area contributed by atoms with Crippen LogP contribution in [-0.4, -0.2) is 17.4 Å². The molecule has 0 spiro atoms. The van der Waals surface area contributed by atoms with Crippen molar-refractivity contribution < 1.29 is 18.3 Å². The second-order valence-electron chi connectivity index (χ2n) is 3.69.